The van der Waals surface area contributed by atoms with Gasteiger partial charge in [-0.3, -0.25) is 4.79 Å². The molecule has 2 rings (SSSR count). The van der Waals surface area contributed by atoms with Gasteiger partial charge in [0.1, 0.15) is 0 Å². The maximum atomic E-state index is 12.7. The van der Waals surface area contributed by atoms with E-state index in [1.54, 1.807) is 0 Å². The molecule has 1 fully saturated rings. The Hall–Kier alpha value is -1.51. The van der Waals surface area contributed by atoms with E-state index in [1.807, 2.05) is 17.0 Å². The summed E-state index contributed by atoms with van der Waals surface area (Å²) < 4.78 is 0. The normalized spacial score (nSPS) is 14.3. The first-order valence-electron chi connectivity index (χ1n) is 7.32. The van der Waals surface area contributed by atoms with Gasteiger partial charge in [0.2, 0.25) is 0 Å². The van der Waals surface area contributed by atoms with Crippen LogP contribution in [0.3, 0.4) is 0 Å². The van der Waals surface area contributed by atoms with Crippen LogP contribution in [-0.2, 0) is 0 Å². The summed E-state index contributed by atoms with van der Waals surface area (Å²) in [6.07, 6.45) is 3.34. The summed E-state index contributed by atoms with van der Waals surface area (Å²) in [6.45, 7) is 7.94. The van der Waals surface area contributed by atoms with Crippen LogP contribution in [0.4, 0.5) is 5.69 Å². The molecule has 1 N–H and O–H groups in total. The smallest absolute Gasteiger partial charge is 0.256 e. The van der Waals surface area contributed by atoms with E-state index in [-0.39, 0.29) is 5.91 Å². The average molecular weight is 260 g/mol. The van der Waals surface area contributed by atoms with Crippen molar-refractivity contribution in [3.05, 3.63) is 29.3 Å². The number of aryl methyl sites for hydroxylation is 1. The molecule has 0 unspecified atom stereocenters. The lowest BCUT2D eigenvalue weighted by atomic mass is 10.1. The molecule has 3 heteroatoms. The molecule has 1 aromatic rings. The Labute approximate surface area is 116 Å². The minimum Gasteiger partial charge on any atom is -0.385 e. The van der Waals surface area contributed by atoms with Crippen molar-refractivity contribution in [2.45, 2.75) is 46.1 Å². The molecule has 0 heterocycles. The van der Waals surface area contributed by atoms with Gasteiger partial charge in [-0.2, -0.15) is 0 Å². The first kappa shape index (κ1) is 13.9. The van der Waals surface area contributed by atoms with Crippen molar-refractivity contribution in [2.24, 2.45) is 0 Å². The van der Waals surface area contributed by atoms with Gasteiger partial charge in [-0.15, -0.1) is 0 Å². The van der Waals surface area contributed by atoms with Gasteiger partial charge in [0.05, 0.1) is 5.56 Å². The first-order valence-corrected chi connectivity index (χ1v) is 7.32. The third-order valence-electron chi connectivity index (χ3n) is 3.49. The fourth-order valence-corrected chi connectivity index (χ4v) is 2.41. The highest BCUT2D eigenvalue weighted by atomic mass is 16.2. The maximum absolute atomic E-state index is 12.7. The molecule has 104 valence electrons. The number of hydrogen-bond acceptors (Lipinski definition) is 2. The Morgan fingerprint density at radius 1 is 1.37 bits per heavy atom. The predicted octanol–water partition coefficient (Wildman–Crippen LogP) is 3.44. The van der Waals surface area contributed by atoms with Crippen molar-refractivity contribution in [3.63, 3.8) is 0 Å². The van der Waals surface area contributed by atoms with Crippen molar-refractivity contribution < 1.29 is 4.79 Å². The zero-order chi connectivity index (χ0) is 13.8. The Balaban J connectivity index is 2.25. The van der Waals surface area contributed by atoms with Gasteiger partial charge in [-0.1, -0.05) is 13.0 Å². The Bertz CT molecular complexity index is 452. The molecule has 1 aliphatic rings. The fourth-order valence-electron chi connectivity index (χ4n) is 2.41. The second kappa shape index (κ2) is 6.09. The lowest BCUT2D eigenvalue weighted by molar-refractivity contribution is 0.0744. The number of amides is 1. The van der Waals surface area contributed by atoms with Crippen LogP contribution in [0.1, 0.15) is 49.0 Å². The van der Waals surface area contributed by atoms with E-state index < -0.39 is 0 Å². The Kier molecular flexibility index (Phi) is 4.46. The molecular formula is C16H24N2O. The van der Waals surface area contributed by atoms with E-state index in [0.717, 1.165) is 43.6 Å². The van der Waals surface area contributed by atoms with Gasteiger partial charge in [-0.05, 0) is 50.8 Å². The summed E-state index contributed by atoms with van der Waals surface area (Å²) in [5.41, 5.74) is 2.96. The Morgan fingerprint density at radius 3 is 2.68 bits per heavy atom. The molecule has 0 spiro atoms. The maximum Gasteiger partial charge on any atom is 0.256 e. The van der Waals surface area contributed by atoms with Gasteiger partial charge in [0.25, 0.3) is 5.91 Å². The summed E-state index contributed by atoms with van der Waals surface area (Å²) in [6, 6.07) is 6.52. The van der Waals surface area contributed by atoms with Gasteiger partial charge >= 0.3 is 0 Å². The van der Waals surface area contributed by atoms with Crippen LogP contribution in [0.5, 0.6) is 0 Å². The van der Waals surface area contributed by atoms with E-state index in [2.05, 4.69) is 32.2 Å². The molecule has 19 heavy (non-hydrogen) atoms. The number of benzene rings is 1. The molecule has 0 atom stereocenters. The number of nitrogens with zero attached hydrogens (tertiary/aromatic N) is 1. The molecule has 1 aliphatic carbocycles. The van der Waals surface area contributed by atoms with Gasteiger partial charge in [0.15, 0.2) is 0 Å². The standard InChI is InChI=1S/C16H24N2O/c1-4-10-18(13-7-8-13)16(19)14-9-6-12(3)11-15(14)17-5-2/h6,9,11,13,17H,4-5,7-8,10H2,1-3H3. The molecule has 1 amide bonds. The summed E-state index contributed by atoms with van der Waals surface area (Å²) in [4.78, 5) is 14.8. The topological polar surface area (TPSA) is 32.3 Å². The second-order valence-electron chi connectivity index (χ2n) is 5.31. The molecule has 3 nitrogen and oxygen atoms in total. The zero-order valence-corrected chi connectivity index (χ0v) is 12.2. The summed E-state index contributed by atoms with van der Waals surface area (Å²) >= 11 is 0. The van der Waals surface area contributed by atoms with Crippen LogP contribution in [0.25, 0.3) is 0 Å². The highest BCUT2D eigenvalue weighted by Gasteiger charge is 2.33. The summed E-state index contributed by atoms with van der Waals surface area (Å²) in [5.74, 6) is 0.181. The lowest BCUT2D eigenvalue weighted by Gasteiger charge is -2.23. The number of nitrogens with one attached hydrogen (secondary N) is 1. The molecular weight excluding hydrogens is 236 g/mol. The Morgan fingerprint density at radius 2 is 2.11 bits per heavy atom. The molecule has 0 radical (unpaired) electrons. The molecule has 0 aliphatic heterocycles. The molecule has 0 saturated heterocycles. The molecule has 1 aromatic carbocycles. The summed E-state index contributed by atoms with van der Waals surface area (Å²) in [7, 11) is 0. The van der Waals surface area contributed by atoms with E-state index >= 15 is 0 Å². The van der Waals surface area contributed by atoms with Crippen LogP contribution in [-0.4, -0.2) is 29.9 Å². The molecule has 0 bridgehead atoms. The largest absolute Gasteiger partial charge is 0.385 e. The van der Waals surface area contributed by atoms with Crippen molar-refractivity contribution in [1.82, 2.24) is 4.90 Å². The number of carbonyl (C=O) groups excluding carboxylic acids is 1. The van der Waals surface area contributed by atoms with Gasteiger partial charge < -0.3 is 10.2 Å². The number of carbonyl (C=O) groups is 1. The van der Waals surface area contributed by atoms with Crippen molar-refractivity contribution in [1.29, 1.82) is 0 Å². The third kappa shape index (κ3) is 3.28. The average Bonchev–Trinajstić information content (AvgIpc) is 3.20. The van der Waals surface area contributed by atoms with E-state index in [1.165, 1.54) is 5.56 Å². The third-order valence-corrected chi connectivity index (χ3v) is 3.49. The van der Waals surface area contributed by atoms with Crippen LogP contribution < -0.4 is 5.32 Å². The van der Waals surface area contributed by atoms with E-state index in [0.29, 0.717) is 6.04 Å². The van der Waals surface area contributed by atoms with E-state index in [9.17, 15) is 4.79 Å². The van der Waals surface area contributed by atoms with E-state index in [4.69, 9.17) is 0 Å². The molecule has 0 aromatic heterocycles. The lowest BCUT2D eigenvalue weighted by Crippen LogP contribution is -2.34. The highest BCUT2D eigenvalue weighted by molar-refractivity contribution is 6.00. The summed E-state index contributed by atoms with van der Waals surface area (Å²) in [5, 5.41) is 3.31. The first-order chi connectivity index (χ1) is 9.17. The minimum atomic E-state index is 0.181. The quantitative estimate of drug-likeness (QED) is 0.849. The van der Waals surface area contributed by atoms with Crippen molar-refractivity contribution >= 4 is 11.6 Å². The minimum absolute atomic E-state index is 0.181. The van der Waals surface area contributed by atoms with Gasteiger partial charge in [0, 0.05) is 24.8 Å². The predicted molar refractivity (Wildman–Crippen MR) is 79.7 cm³/mol. The second-order valence-corrected chi connectivity index (χ2v) is 5.31. The van der Waals surface area contributed by atoms with Crippen LogP contribution in [0.15, 0.2) is 18.2 Å². The highest BCUT2D eigenvalue weighted by Crippen LogP contribution is 2.30. The number of rotatable bonds is 6. The SMILES string of the molecule is CCCN(C(=O)c1ccc(C)cc1NCC)C1CC1. The molecule has 1 saturated carbocycles. The fraction of sp³-hybridized carbons (Fsp3) is 0.562. The van der Waals surface area contributed by atoms with Crippen LogP contribution in [0, 0.1) is 6.92 Å². The van der Waals surface area contributed by atoms with Crippen molar-refractivity contribution in [2.75, 3.05) is 18.4 Å². The van der Waals surface area contributed by atoms with Crippen LogP contribution >= 0.6 is 0 Å². The van der Waals surface area contributed by atoms with Crippen LogP contribution in [0.2, 0.25) is 0 Å². The van der Waals surface area contributed by atoms with Crippen molar-refractivity contribution in [3.8, 4) is 0 Å². The van der Waals surface area contributed by atoms with Gasteiger partial charge in [-0.25, -0.2) is 0 Å². The monoisotopic (exact) mass is 260 g/mol. The number of anilines is 1. The zero-order valence-electron chi connectivity index (χ0n) is 12.2. The number of hydrogen-bond donors (Lipinski definition) is 1.